The molecule has 1 amide bonds. The van der Waals surface area contributed by atoms with E-state index in [9.17, 15) is 4.79 Å². The molecule has 1 rings (SSSR count). The number of nitrogens with zero attached hydrogens (tertiary/aromatic N) is 1. The molecule has 19 heavy (non-hydrogen) atoms. The van der Waals surface area contributed by atoms with Crippen LogP contribution in [0.25, 0.3) is 0 Å². The van der Waals surface area contributed by atoms with E-state index in [0.717, 1.165) is 25.6 Å². The number of carbonyl (C=O) groups is 1. The molecular formula is C14H30ClN3O. The van der Waals surface area contributed by atoms with Gasteiger partial charge in [0.25, 0.3) is 0 Å². The standard InChI is InChI=1S/C14H29N3O.ClH/c1-10(2)13(15)14(18)16-12(4)9-17-7-5-6-11(3)8-17;/h10-13H,5-9,15H2,1-4H3,(H,16,18);1H/t11?,12?,13-;/m0./s1. The summed E-state index contributed by atoms with van der Waals surface area (Å²) < 4.78 is 0. The van der Waals surface area contributed by atoms with Crippen molar-refractivity contribution >= 4 is 18.3 Å². The number of nitrogens with one attached hydrogen (secondary N) is 1. The molecule has 1 saturated heterocycles. The van der Waals surface area contributed by atoms with Gasteiger partial charge in [-0.05, 0) is 38.1 Å². The molecule has 0 aromatic heterocycles. The van der Waals surface area contributed by atoms with Gasteiger partial charge in [0.2, 0.25) is 5.91 Å². The highest BCUT2D eigenvalue weighted by atomic mass is 35.5. The molecule has 3 atom stereocenters. The van der Waals surface area contributed by atoms with Crippen molar-refractivity contribution < 1.29 is 4.79 Å². The Morgan fingerprint density at radius 2 is 2.05 bits per heavy atom. The van der Waals surface area contributed by atoms with Crippen LogP contribution >= 0.6 is 12.4 Å². The lowest BCUT2D eigenvalue weighted by Gasteiger charge is -2.33. The number of carbonyl (C=O) groups excluding carboxylic acids is 1. The molecule has 114 valence electrons. The highest BCUT2D eigenvalue weighted by molar-refractivity contribution is 5.85. The van der Waals surface area contributed by atoms with Crippen molar-refractivity contribution in [3.63, 3.8) is 0 Å². The summed E-state index contributed by atoms with van der Waals surface area (Å²) in [5, 5.41) is 3.02. The van der Waals surface area contributed by atoms with E-state index >= 15 is 0 Å². The minimum absolute atomic E-state index is 0. The SMILES string of the molecule is CC1CCCN(CC(C)NC(=O)[C@@H](N)C(C)C)C1.Cl. The van der Waals surface area contributed by atoms with Crippen LogP contribution in [0.2, 0.25) is 0 Å². The predicted molar refractivity (Wildman–Crippen MR) is 82.5 cm³/mol. The maximum absolute atomic E-state index is 11.8. The Morgan fingerprint density at radius 3 is 2.58 bits per heavy atom. The fourth-order valence-corrected chi connectivity index (χ4v) is 2.53. The summed E-state index contributed by atoms with van der Waals surface area (Å²) in [6.45, 7) is 11.5. The molecule has 0 saturated carbocycles. The molecule has 5 heteroatoms. The molecule has 1 aliphatic heterocycles. The first kappa shape index (κ1) is 18.7. The van der Waals surface area contributed by atoms with Crippen LogP contribution in [-0.2, 0) is 4.79 Å². The Kier molecular flexibility index (Phi) is 8.62. The van der Waals surface area contributed by atoms with Gasteiger partial charge in [0.1, 0.15) is 0 Å². The van der Waals surface area contributed by atoms with Gasteiger partial charge < -0.3 is 16.0 Å². The number of piperidine rings is 1. The molecule has 3 N–H and O–H groups in total. The average molecular weight is 292 g/mol. The summed E-state index contributed by atoms with van der Waals surface area (Å²) in [6, 6.07) is -0.222. The average Bonchev–Trinajstić information content (AvgIpc) is 2.27. The molecule has 0 aliphatic carbocycles. The highest BCUT2D eigenvalue weighted by Gasteiger charge is 2.21. The molecule has 4 nitrogen and oxygen atoms in total. The van der Waals surface area contributed by atoms with E-state index in [1.807, 2.05) is 13.8 Å². The molecule has 0 aromatic rings. The summed E-state index contributed by atoms with van der Waals surface area (Å²) in [4.78, 5) is 14.3. The molecular weight excluding hydrogens is 262 g/mol. The number of nitrogens with two attached hydrogens (primary N) is 1. The van der Waals surface area contributed by atoms with Crippen molar-refractivity contribution in [1.29, 1.82) is 0 Å². The number of rotatable bonds is 5. The molecule has 2 unspecified atom stereocenters. The third-order valence-electron chi connectivity index (χ3n) is 3.68. The van der Waals surface area contributed by atoms with E-state index in [2.05, 4.69) is 24.1 Å². The molecule has 0 aromatic carbocycles. The Morgan fingerprint density at radius 1 is 1.42 bits per heavy atom. The second kappa shape index (κ2) is 8.77. The van der Waals surface area contributed by atoms with Crippen molar-refractivity contribution in [1.82, 2.24) is 10.2 Å². The number of likely N-dealkylation sites (tertiary alicyclic amines) is 1. The van der Waals surface area contributed by atoms with E-state index in [1.165, 1.54) is 12.8 Å². The highest BCUT2D eigenvalue weighted by Crippen LogP contribution is 2.15. The van der Waals surface area contributed by atoms with Crippen LogP contribution in [0.5, 0.6) is 0 Å². The van der Waals surface area contributed by atoms with E-state index < -0.39 is 6.04 Å². The lowest BCUT2D eigenvalue weighted by Crippen LogP contribution is -2.51. The van der Waals surface area contributed by atoms with Crippen LogP contribution in [0.3, 0.4) is 0 Å². The minimum atomic E-state index is -0.396. The summed E-state index contributed by atoms with van der Waals surface area (Å²) in [5.41, 5.74) is 5.84. The molecule has 1 heterocycles. The van der Waals surface area contributed by atoms with Gasteiger partial charge in [-0.3, -0.25) is 4.79 Å². The van der Waals surface area contributed by atoms with E-state index in [-0.39, 0.29) is 30.3 Å². The van der Waals surface area contributed by atoms with E-state index in [0.29, 0.717) is 0 Å². The van der Waals surface area contributed by atoms with Crippen molar-refractivity contribution in [3.05, 3.63) is 0 Å². The topological polar surface area (TPSA) is 58.4 Å². The lowest BCUT2D eigenvalue weighted by molar-refractivity contribution is -0.124. The van der Waals surface area contributed by atoms with Crippen molar-refractivity contribution in [3.8, 4) is 0 Å². The maximum atomic E-state index is 11.8. The van der Waals surface area contributed by atoms with Crippen LogP contribution < -0.4 is 11.1 Å². The number of hydrogen-bond donors (Lipinski definition) is 2. The molecule has 0 radical (unpaired) electrons. The fraction of sp³-hybridized carbons (Fsp3) is 0.929. The van der Waals surface area contributed by atoms with Gasteiger partial charge in [-0.15, -0.1) is 12.4 Å². The number of hydrogen-bond acceptors (Lipinski definition) is 3. The number of amides is 1. The maximum Gasteiger partial charge on any atom is 0.237 e. The smallest absolute Gasteiger partial charge is 0.237 e. The van der Waals surface area contributed by atoms with E-state index in [1.54, 1.807) is 0 Å². The van der Waals surface area contributed by atoms with Gasteiger partial charge in [0.05, 0.1) is 6.04 Å². The zero-order valence-electron chi connectivity index (χ0n) is 12.7. The first-order valence-electron chi connectivity index (χ1n) is 7.18. The Bertz CT molecular complexity index is 273. The normalized spacial score (nSPS) is 23.6. The molecule has 0 bridgehead atoms. The van der Waals surface area contributed by atoms with Gasteiger partial charge in [-0.25, -0.2) is 0 Å². The summed E-state index contributed by atoms with van der Waals surface area (Å²) >= 11 is 0. The molecule has 1 aliphatic rings. The third-order valence-corrected chi connectivity index (χ3v) is 3.68. The molecule has 1 fully saturated rings. The first-order valence-corrected chi connectivity index (χ1v) is 7.18. The predicted octanol–water partition coefficient (Wildman–Crippen LogP) is 1.63. The van der Waals surface area contributed by atoms with Crippen LogP contribution in [-0.4, -0.2) is 42.5 Å². The lowest BCUT2D eigenvalue weighted by atomic mass is 10.00. The summed E-state index contributed by atoms with van der Waals surface area (Å²) in [5.74, 6) is 0.939. The van der Waals surface area contributed by atoms with Crippen molar-refractivity contribution in [2.24, 2.45) is 17.6 Å². The van der Waals surface area contributed by atoms with Gasteiger partial charge in [-0.2, -0.15) is 0 Å². The van der Waals surface area contributed by atoms with Gasteiger partial charge >= 0.3 is 0 Å². The van der Waals surface area contributed by atoms with Gasteiger partial charge in [0.15, 0.2) is 0 Å². The second-order valence-electron chi connectivity index (χ2n) is 6.19. The zero-order chi connectivity index (χ0) is 13.7. The Labute approximate surface area is 123 Å². The summed E-state index contributed by atoms with van der Waals surface area (Å²) in [6.07, 6.45) is 2.60. The van der Waals surface area contributed by atoms with Gasteiger partial charge in [-0.1, -0.05) is 20.8 Å². The fourth-order valence-electron chi connectivity index (χ4n) is 2.53. The first-order chi connectivity index (χ1) is 8.40. The van der Waals surface area contributed by atoms with Crippen LogP contribution in [0.15, 0.2) is 0 Å². The minimum Gasteiger partial charge on any atom is -0.351 e. The third kappa shape index (κ3) is 6.59. The number of halogens is 1. The van der Waals surface area contributed by atoms with Crippen LogP contribution in [0.4, 0.5) is 0 Å². The van der Waals surface area contributed by atoms with Crippen molar-refractivity contribution in [2.75, 3.05) is 19.6 Å². The Balaban J connectivity index is 0.00000324. The second-order valence-corrected chi connectivity index (χ2v) is 6.19. The largest absolute Gasteiger partial charge is 0.351 e. The van der Waals surface area contributed by atoms with Crippen LogP contribution in [0.1, 0.15) is 40.5 Å². The molecule has 0 spiro atoms. The Hall–Kier alpha value is -0.320. The quantitative estimate of drug-likeness (QED) is 0.809. The van der Waals surface area contributed by atoms with Crippen molar-refractivity contribution in [2.45, 2.75) is 52.6 Å². The summed E-state index contributed by atoms with van der Waals surface area (Å²) in [7, 11) is 0. The van der Waals surface area contributed by atoms with Crippen LogP contribution in [0, 0.1) is 11.8 Å². The van der Waals surface area contributed by atoms with E-state index in [4.69, 9.17) is 5.73 Å². The zero-order valence-corrected chi connectivity index (χ0v) is 13.5. The van der Waals surface area contributed by atoms with Gasteiger partial charge in [0, 0.05) is 19.1 Å². The monoisotopic (exact) mass is 291 g/mol.